The molecule has 4 nitrogen and oxygen atoms in total. The second-order valence-corrected chi connectivity index (χ2v) is 5.13. The first-order valence-corrected chi connectivity index (χ1v) is 7.35. The minimum absolute atomic E-state index is 0.455. The summed E-state index contributed by atoms with van der Waals surface area (Å²) in [6.45, 7) is 1.30. The molecule has 0 radical (unpaired) electrons. The van der Waals surface area contributed by atoms with Crippen molar-refractivity contribution in [1.82, 2.24) is 0 Å². The van der Waals surface area contributed by atoms with Gasteiger partial charge in [-0.15, -0.1) is 0 Å². The maximum atomic E-state index is 9.53. The van der Waals surface area contributed by atoms with Crippen LogP contribution >= 0.6 is 0 Å². The van der Waals surface area contributed by atoms with Crippen molar-refractivity contribution in [3.63, 3.8) is 0 Å². The first-order chi connectivity index (χ1) is 11.1. The van der Waals surface area contributed by atoms with Crippen LogP contribution in [-0.4, -0.2) is 33.3 Å². The van der Waals surface area contributed by atoms with Gasteiger partial charge in [0.1, 0.15) is 0 Å². The molecule has 23 heavy (non-hydrogen) atoms. The number of ether oxygens (including phenoxy) is 3. The average molecular weight is 312 g/mol. The Balaban J connectivity index is 2.28. The van der Waals surface area contributed by atoms with E-state index in [1.54, 1.807) is 28.2 Å². The molecule has 0 atom stereocenters. The molecule has 0 heterocycles. The Morgan fingerprint density at radius 1 is 0.826 bits per heavy atom. The van der Waals surface area contributed by atoms with Crippen LogP contribution in [0.2, 0.25) is 6.82 Å². The van der Waals surface area contributed by atoms with Gasteiger partial charge in [-0.25, -0.2) is 0 Å². The molecule has 0 saturated heterocycles. The molecule has 0 spiro atoms. The number of benzene rings is 2. The number of hydrogen-bond donors (Lipinski definition) is 1. The zero-order valence-corrected chi connectivity index (χ0v) is 13.9. The van der Waals surface area contributed by atoms with Gasteiger partial charge in [0.25, 0.3) is 0 Å². The molecule has 0 aliphatic rings. The second kappa shape index (κ2) is 7.74. The van der Waals surface area contributed by atoms with Gasteiger partial charge in [0, 0.05) is 0 Å². The van der Waals surface area contributed by atoms with Crippen LogP contribution in [0.25, 0.3) is 12.2 Å². The molecule has 0 saturated carbocycles. The molecule has 0 amide bonds. The van der Waals surface area contributed by atoms with Crippen LogP contribution in [0.1, 0.15) is 11.1 Å². The summed E-state index contributed by atoms with van der Waals surface area (Å²) in [6, 6.07) is 11.6. The van der Waals surface area contributed by atoms with Crippen molar-refractivity contribution in [2.75, 3.05) is 21.3 Å². The lowest BCUT2D eigenvalue weighted by atomic mass is 9.64. The Bertz CT molecular complexity index is 653. The van der Waals surface area contributed by atoms with Gasteiger partial charge in [-0.05, 0) is 28.7 Å². The molecule has 2 rings (SSSR count). The Labute approximate surface area is 137 Å². The lowest BCUT2D eigenvalue weighted by molar-refractivity contribution is 0.324. The number of rotatable bonds is 6. The average Bonchev–Trinajstić information content (AvgIpc) is 2.59. The summed E-state index contributed by atoms with van der Waals surface area (Å²) < 4.78 is 16.0. The van der Waals surface area contributed by atoms with Gasteiger partial charge >= 0.3 is 6.92 Å². The summed E-state index contributed by atoms with van der Waals surface area (Å²) in [4.78, 5) is 0. The summed E-state index contributed by atoms with van der Waals surface area (Å²) in [5.41, 5.74) is 2.89. The molecule has 0 aliphatic heterocycles. The fourth-order valence-electron chi connectivity index (χ4n) is 2.28. The summed E-state index contributed by atoms with van der Waals surface area (Å²) in [7, 11) is 4.78. The molecular weight excluding hydrogens is 291 g/mol. The van der Waals surface area contributed by atoms with E-state index in [0.717, 1.165) is 16.6 Å². The van der Waals surface area contributed by atoms with Gasteiger partial charge < -0.3 is 19.2 Å². The fourth-order valence-corrected chi connectivity index (χ4v) is 2.28. The Morgan fingerprint density at radius 3 is 1.78 bits per heavy atom. The maximum Gasteiger partial charge on any atom is 0.320 e. The van der Waals surface area contributed by atoms with E-state index < -0.39 is 6.92 Å². The van der Waals surface area contributed by atoms with E-state index in [1.807, 2.05) is 48.6 Å². The third-order valence-corrected chi connectivity index (χ3v) is 3.57. The molecular formula is C18H21BO4. The van der Waals surface area contributed by atoms with Crippen LogP contribution in [0, 0.1) is 0 Å². The molecule has 1 N–H and O–H groups in total. The molecule has 0 aromatic heterocycles. The predicted octanol–water partition coefficient (Wildman–Crippen LogP) is 2.70. The standard InChI is InChI=1S/C18H21BO4/c1-19(20)15-9-7-13(8-10-15)5-6-14-11-16(21-2)18(23-4)17(12-14)22-3/h5-12,20H,1-4H3/b6-5+. The van der Waals surface area contributed by atoms with Gasteiger partial charge in [0.2, 0.25) is 5.75 Å². The summed E-state index contributed by atoms with van der Waals surface area (Å²) in [5.74, 6) is 1.82. The van der Waals surface area contributed by atoms with E-state index in [2.05, 4.69) is 0 Å². The molecule has 2 aromatic carbocycles. The Morgan fingerprint density at radius 2 is 1.35 bits per heavy atom. The van der Waals surface area contributed by atoms with Crippen molar-refractivity contribution < 1.29 is 19.2 Å². The van der Waals surface area contributed by atoms with E-state index in [9.17, 15) is 5.02 Å². The van der Waals surface area contributed by atoms with Gasteiger partial charge in [-0.1, -0.05) is 43.2 Å². The van der Waals surface area contributed by atoms with Crippen LogP contribution in [0.4, 0.5) is 0 Å². The van der Waals surface area contributed by atoms with Crippen LogP contribution < -0.4 is 19.7 Å². The van der Waals surface area contributed by atoms with Crippen LogP contribution in [0.3, 0.4) is 0 Å². The lowest BCUT2D eigenvalue weighted by Gasteiger charge is -2.12. The minimum atomic E-state index is -0.455. The van der Waals surface area contributed by atoms with E-state index in [-0.39, 0.29) is 0 Å². The molecule has 5 heteroatoms. The monoisotopic (exact) mass is 312 g/mol. The van der Waals surface area contributed by atoms with Crippen molar-refractivity contribution in [3.8, 4) is 17.2 Å². The normalized spacial score (nSPS) is 10.7. The molecule has 2 aromatic rings. The summed E-state index contributed by atoms with van der Waals surface area (Å²) in [6.07, 6.45) is 3.97. The highest BCUT2D eigenvalue weighted by molar-refractivity contribution is 6.64. The highest BCUT2D eigenvalue weighted by Crippen LogP contribution is 2.38. The molecule has 0 fully saturated rings. The Kier molecular flexibility index (Phi) is 5.71. The SMILES string of the molecule is COc1cc(/C=C/c2ccc(B(C)O)cc2)cc(OC)c1OC. The lowest BCUT2D eigenvalue weighted by Crippen LogP contribution is -2.25. The van der Waals surface area contributed by atoms with Crippen LogP contribution in [0.15, 0.2) is 36.4 Å². The number of methoxy groups -OCH3 is 3. The van der Waals surface area contributed by atoms with Gasteiger partial charge in [0.05, 0.1) is 21.3 Å². The van der Waals surface area contributed by atoms with Crippen molar-refractivity contribution in [3.05, 3.63) is 47.5 Å². The first-order valence-electron chi connectivity index (χ1n) is 7.35. The number of hydrogen-bond acceptors (Lipinski definition) is 4. The van der Waals surface area contributed by atoms with Crippen molar-refractivity contribution in [2.45, 2.75) is 6.82 Å². The topological polar surface area (TPSA) is 47.9 Å². The van der Waals surface area contributed by atoms with E-state index in [4.69, 9.17) is 14.2 Å². The molecule has 0 aliphatic carbocycles. The quantitative estimate of drug-likeness (QED) is 0.658. The van der Waals surface area contributed by atoms with Crippen LogP contribution in [-0.2, 0) is 0 Å². The highest BCUT2D eigenvalue weighted by atomic mass is 16.5. The van der Waals surface area contributed by atoms with Gasteiger partial charge in [-0.3, -0.25) is 0 Å². The molecule has 120 valence electrons. The zero-order chi connectivity index (χ0) is 16.8. The highest BCUT2D eigenvalue weighted by Gasteiger charge is 2.12. The van der Waals surface area contributed by atoms with Gasteiger partial charge in [0.15, 0.2) is 11.5 Å². The molecule has 0 unspecified atom stereocenters. The summed E-state index contributed by atoms with van der Waals surface area (Å²) in [5, 5.41) is 9.53. The van der Waals surface area contributed by atoms with Crippen molar-refractivity contribution in [1.29, 1.82) is 0 Å². The van der Waals surface area contributed by atoms with E-state index in [0.29, 0.717) is 17.2 Å². The van der Waals surface area contributed by atoms with Crippen molar-refractivity contribution >= 4 is 24.5 Å². The van der Waals surface area contributed by atoms with Crippen molar-refractivity contribution in [2.24, 2.45) is 0 Å². The first kappa shape index (κ1) is 17.0. The third kappa shape index (κ3) is 4.08. The summed E-state index contributed by atoms with van der Waals surface area (Å²) >= 11 is 0. The Hall–Kier alpha value is -2.40. The molecule has 0 bridgehead atoms. The zero-order valence-electron chi connectivity index (χ0n) is 13.9. The fraction of sp³-hybridized carbons (Fsp3) is 0.222. The third-order valence-electron chi connectivity index (χ3n) is 3.57. The largest absolute Gasteiger partial charge is 0.493 e. The van der Waals surface area contributed by atoms with E-state index >= 15 is 0 Å². The maximum absolute atomic E-state index is 9.53. The minimum Gasteiger partial charge on any atom is -0.493 e. The van der Waals surface area contributed by atoms with Crippen LogP contribution in [0.5, 0.6) is 17.2 Å². The van der Waals surface area contributed by atoms with Gasteiger partial charge in [-0.2, -0.15) is 0 Å². The van der Waals surface area contributed by atoms with E-state index in [1.165, 1.54) is 0 Å². The smallest absolute Gasteiger partial charge is 0.320 e. The predicted molar refractivity (Wildman–Crippen MR) is 94.9 cm³/mol. The second-order valence-electron chi connectivity index (χ2n) is 5.13.